The number of anilines is 15. The standard InChI is InChI=1S/2C19H16N6O.C19H14N4O.C17H14N6OS.C16H13N3O.C15H12N4O/c1-20-17-11-21-10-16(24-17)13-8-15(19(26)23-9-13)25-18-14-5-3-2-4-12(14)6-7-22-18;1-20-18-11-21-10-16(25-18)13-8-15(19(26)22-9-13)24-17-7-6-12-4-2-3-5-14(12)23-17;24-19-17(11-15(12-22-19)13-5-8-20-9-6-13)23-18-16-4-2-1-3-14(16)7-10-21-18;1-18-15-9-19-8-13(21-15)10-6-12(17(24)20-7-10)22-16-11-4-2-3-5-14(11)25-23-16;20-16-15(19-14-4-2-1-3-5-14)10-13(11-18-16)12-6-8-17-9-7-12;20-15-13(19-14-3-1-2-6-17-14)9-12(10-18-15)11-4-7-16-8-5-11/h2-11H,1H3,(H,20,24)(H,22,25)(H,23,26);2-11H,1H3,(H,20,25)(H,22,26)(H,23,24);1-12H,(H,21,23)(H,22,24);2-9H,1H3,(H,18,21)(H,20,24)(H,22,23);1-11,19H,(H,18,20);1-10H,(H,17,19)(H,18,20). The summed E-state index contributed by atoms with van der Waals surface area (Å²) < 4.78 is 5.46. The average molecular weight is 1880 g/mol. The number of H-pyrrole nitrogens is 6. The molecule has 17 aromatic heterocycles. The largest absolute Gasteiger partial charge is 0.372 e. The van der Waals surface area contributed by atoms with E-state index in [-0.39, 0.29) is 33.4 Å². The third kappa shape index (κ3) is 24.0. The van der Waals surface area contributed by atoms with Gasteiger partial charge in [0.2, 0.25) is 0 Å². The Bertz CT molecular complexity index is 8330. The van der Waals surface area contributed by atoms with Crippen molar-refractivity contribution in [2.45, 2.75) is 0 Å². The molecule has 22 aromatic rings. The summed E-state index contributed by atoms with van der Waals surface area (Å²) in [6.45, 7) is 0. The molecule has 36 heteroatoms. The van der Waals surface area contributed by atoms with Crippen molar-refractivity contribution < 1.29 is 0 Å². The minimum atomic E-state index is -0.235. The van der Waals surface area contributed by atoms with Gasteiger partial charge in [-0.05, 0) is 179 Å². The van der Waals surface area contributed by atoms with Crippen molar-refractivity contribution in [3.05, 3.63) is 435 Å². The van der Waals surface area contributed by atoms with Crippen LogP contribution < -0.4 is 81.2 Å². The Balaban J connectivity index is 0.000000117. The number of aromatic nitrogens is 20. The van der Waals surface area contributed by atoms with Crippen LogP contribution in [0.3, 0.4) is 0 Å². The summed E-state index contributed by atoms with van der Waals surface area (Å²) in [5.74, 6) is 5.14. The Kier molecular flexibility index (Phi) is 29.7. The van der Waals surface area contributed by atoms with E-state index in [1.54, 1.807) is 182 Å². The highest BCUT2D eigenvalue weighted by molar-refractivity contribution is 7.13. The zero-order chi connectivity index (χ0) is 97.0. The van der Waals surface area contributed by atoms with E-state index in [0.29, 0.717) is 97.7 Å². The van der Waals surface area contributed by atoms with E-state index in [9.17, 15) is 28.8 Å². The number of hydrogen-bond donors (Lipinski definition) is 15. The van der Waals surface area contributed by atoms with E-state index in [1.807, 2.05) is 212 Å². The zero-order valence-corrected chi connectivity index (χ0v) is 76.2. The highest BCUT2D eigenvalue weighted by Gasteiger charge is 2.17. The zero-order valence-electron chi connectivity index (χ0n) is 75.3. The summed E-state index contributed by atoms with van der Waals surface area (Å²) in [6, 6.07) is 76.3. The van der Waals surface area contributed by atoms with E-state index >= 15 is 0 Å². The Morgan fingerprint density at radius 3 is 1.04 bits per heavy atom. The number of benzene rings is 5. The Hall–Kier alpha value is -20.0. The first-order chi connectivity index (χ1) is 69.2. The topological polar surface area (TPSA) is 486 Å². The first-order valence-electron chi connectivity index (χ1n) is 43.7. The van der Waals surface area contributed by atoms with Crippen molar-refractivity contribution in [2.24, 2.45) is 0 Å². The minimum absolute atomic E-state index is 0.147. The van der Waals surface area contributed by atoms with E-state index < -0.39 is 0 Å². The SMILES string of the molecule is CNc1cncc(-c2c[nH]c(=O)c(Nc3ccc4ccccc4n3)c2)n1.CNc1cncc(-c2c[nH]c(=O)c(Nc3nccc4ccccc34)c2)n1.CNc1cncc(-c2c[nH]c(=O)c(Nc3nsc4ccccc34)c2)n1.O=c1[nH]cc(-c2ccncc2)cc1Nc1ccccc1.O=c1[nH]cc(-c2ccncc2)cc1Nc1ccccn1.O=c1[nH]cc(-c2ccncc2)cc1Nc1nccc2ccccc12. The molecule has 692 valence electrons. The fourth-order valence-electron chi connectivity index (χ4n) is 14.2. The summed E-state index contributed by atoms with van der Waals surface area (Å²) in [5, 5.41) is 33.5. The number of rotatable bonds is 21. The van der Waals surface area contributed by atoms with Gasteiger partial charge in [0.15, 0.2) is 5.82 Å². The summed E-state index contributed by atoms with van der Waals surface area (Å²) in [5.41, 5.74) is 13.1. The smallest absolute Gasteiger partial charge is 0.271 e. The fourth-order valence-corrected chi connectivity index (χ4v) is 15.0. The fraction of sp³-hybridized carbons (Fsp3) is 0.0286. The molecule has 22 rings (SSSR count). The predicted molar refractivity (Wildman–Crippen MR) is 559 cm³/mol. The van der Waals surface area contributed by atoms with Gasteiger partial charge in [-0.15, -0.1) is 0 Å². The number of nitrogens with zero attached hydrogens (tertiary/aromatic N) is 14. The van der Waals surface area contributed by atoms with Crippen LogP contribution in [-0.2, 0) is 0 Å². The molecule has 0 radical (unpaired) electrons. The second-order valence-corrected chi connectivity index (χ2v) is 31.4. The molecular weight excluding hydrogens is 1800 g/mol. The average Bonchev–Trinajstić information content (AvgIpc) is 1.80. The highest BCUT2D eigenvalue weighted by atomic mass is 32.1. The Labute approximate surface area is 805 Å². The monoisotopic (exact) mass is 1880 g/mol. The van der Waals surface area contributed by atoms with Crippen molar-refractivity contribution in [1.29, 1.82) is 0 Å². The third-order valence-corrected chi connectivity index (χ3v) is 22.2. The molecule has 35 nitrogen and oxygen atoms in total. The van der Waals surface area contributed by atoms with Gasteiger partial charge in [0.25, 0.3) is 33.4 Å². The Morgan fingerprint density at radius 2 is 0.610 bits per heavy atom. The van der Waals surface area contributed by atoms with Gasteiger partial charge in [-0.3, -0.25) is 58.7 Å². The molecule has 0 bridgehead atoms. The van der Waals surface area contributed by atoms with Gasteiger partial charge in [-0.25, -0.2) is 34.9 Å². The minimum Gasteiger partial charge on any atom is -0.372 e. The first-order valence-corrected chi connectivity index (χ1v) is 44.5. The first kappa shape index (κ1) is 92.8. The molecule has 0 spiro atoms. The van der Waals surface area contributed by atoms with Gasteiger partial charge in [-0.2, -0.15) is 4.37 Å². The number of nitrogens with one attached hydrogen (secondary N) is 15. The molecule has 17 heterocycles. The maximum absolute atomic E-state index is 12.3. The maximum Gasteiger partial charge on any atom is 0.271 e. The van der Waals surface area contributed by atoms with Gasteiger partial charge in [0.1, 0.15) is 74.8 Å². The number of para-hydroxylation sites is 2. The van der Waals surface area contributed by atoms with Crippen LogP contribution in [0.1, 0.15) is 0 Å². The molecule has 0 saturated heterocycles. The number of aromatic amines is 6. The van der Waals surface area contributed by atoms with Crippen LogP contribution in [0.4, 0.5) is 86.4 Å². The van der Waals surface area contributed by atoms with E-state index in [0.717, 1.165) is 98.3 Å². The molecule has 15 N–H and O–H groups in total. The lowest BCUT2D eigenvalue weighted by molar-refractivity contribution is 1.17. The molecular formula is C105H85N29O6S. The van der Waals surface area contributed by atoms with Gasteiger partial charge >= 0.3 is 0 Å². The van der Waals surface area contributed by atoms with Crippen LogP contribution in [0.15, 0.2) is 402 Å². The normalized spacial score (nSPS) is 10.5. The second-order valence-electron chi connectivity index (χ2n) is 30.6. The van der Waals surface area contributed by atoms with Crippen molar-refractivity contribution in [3.8, 4) is 67.2 Å². The number of hydrogen-bond acceptors (Lipinski definition) is 30. The summed E-state index contributed by atoms with van der Waals surface area (Å²) >= 11 is 1.39. The van der Waals surface area contributed by atoms with Crippen LogP contribution in [0.25, 0.3) is 110 Å². The van der Waals surface area contributed by atoms with E-state index in [2.05, 4.69) is 147 Å². The van der Waals surface area contributed by atoms with Crippen molar-refractivity contribution in [2.75, 3.05) is 69.0 Å². The second kappa shape index (κ2) is 45.1. The maximum atomic E-state index is 12.3. The Morgan fingerprint density at radius 1 is 0.248 bits per heavy atom. The number of fused-ring (bicyclic) bond motifs is 4. The van der Waals surface area contributed by atoms with Gasteiger partial charge in [0.05, 0.1) is 64.5 Å². The van der Waals surface area contributed by atoms with Crippen LogP contribution in [-0.4, -0.2) is 120 Å². The molecule has 0 aliphatic heterocycles. The molecule has 0 aliphatic carbocycles. The van der Waals surface area contributed by atoms with Crippen molar-refractivity contribution >= 4 is 140 Å². The molecule has 0 fully saturated rings. The summed E-state index contributed by atoms with van der Waals surface area (Å²) in [6.07, 6.45) is 35.2. The van der Waals surface area contributed by atoms with Gasteiger partial charge < -0.3 is 77.8 Å². The lowest BCUT2D eigenvalue weighted by Gasteiger charge is -2.09. The molecule has 0 unspecified atom stereocenters. The molecule has 0 atom stereocenters. The van der Waals surface area contributed by atoms with Crippen molar-refractivity contribution in [3.63, 3.8) is 0 Å². The van der Waals surface area contributed by atoms with E-state index in [4.69, 9.17) is 0 Å². The lowest BCUT2D eigenvalue weighted by Crippen LogP contribution is -2.12. The molecule has 0 aliphatic rings. The van der Waals surface area contributed by atoms with Gasteiger partial charge in [-0.1, -0.05) is 103 Å². The number of pyridine rings is 13. The molecule has 5 aromatic carbocycles. The van der Waals surface area contributed by atoms with Crippen LogP contribution >= 0.6 is 11.5 Å². The van der Waals surface area contributed by atoms with Gasteiger partial charge in [0, 0.05) is 175 Å². The molecule has 0 amide bonds. The molecule has 0 saturated carbocycles. The summed E-state index contributed by atoms with van der Waals surface area (Å²) in [7, 11) is 5.33. The van der Waals surface area contributed by atoms with Crippen LogP contribution in [0.2, 0.25) is 0 Å². The third-order valence-electron chi connectivity index (χ3n) is 21.3. The molecule has 141 heavy (non-hydrogen) atoms. The quantitative estimate of drug-likeness (QED) is 0.0318. The lowest BCUT2D eigenvalue weighted by atomic mass is 10.1. The van der Waals surface area contributed by atoms with Crippen molar-refractivity contribution in [1.82, 2.24) is 99.1 Å². The predicted octanol–water partition coefficient (Wildman–Crippen LogP) is 19.0. The van der Waals surface area contributed by atoms with E-state index in [1.165, 1.54) is 11.5 Å². The van der Waals surface area contributed by atoms with Crippen LogP contribution in [0, 0.1) is 0 Å². The summed E-state index contributed by atoms with van der Waals surface area (Å²) in [4.78, 5) is 144. The van der Waals surface area contributed by atoms with Crippen LogP contribution in [0.5, 0.6) is 0 Å². The highest BCUT2D eigenvalue weighted by Crippen LogP contribution is 2.33.